The van der Waals surface area contributed by atoms with Crippen LogP contribution in [-0.2, 0) is 11.2 Å². The highest BCUT2D eigenvalue weighted by Crippen LogP contribution is 2.30. The SMILES string of the molecule is Cc1nnnn1C(Cc1cccc(F)c1)C(=O)N1CCC(N)C(C)(C)C1. The molecule has 0 spiro atoms. The van der Waals surface area contributed by atoms with Gasteiger partial charge in [0.25, 0.3) is 0 Å². The van der Waals surface area contributed by atoms with Crippen molar-refractivity contribution in [3.63, 3.8) is 0 Å². The molecular weight excluding hydrogens is 335 g/mol. The maximum absolute atomic E-state index is 13.6. The van der Waals surface area contributed by atoms with Gasteiger partial charge in [0.05, 0.1) is 0 Å². The summed E-state index contributed by atoms with van der Waals surface area (Å²) in [6.45, 7) is 7.07. The Balaban J connectivity index is 1.88. The fraction of sp³-hybridized carbons (Fsp3) is 0.556. The van der Waals surface area contributed by atoms with E-state index in [0.29, 0.717) is 25.3 Å². The zero-order valence-corrected chi connectivity index (χ0v) is 15.4. The van der Waals surface area contributed by atoms with Crippen LogP contribution in [0.25, 0.3) is 0 Å². The number of carbonyl (C=O) groups is 1. The quantitative estimate of drug-likeness (QED) is 0.892. The van der Waals surface area contributed by atoms with Gasteiger partial charge in [0.15, 0.2) is 0 Å². The third kappa shape index (κ3) is 3.75. The number of carbonyl (C=O) groups excluding carboxylic acids is 1. The maximum atomic E-state index is 13.6. The Bertz CT molecular complexity index is 789. The van der Waals surface area contributed by atoms with Crippen molar-refractivity contribution >= 4 is 5.91 Å². The highest BCUT2D eigenvalue weighted by molar-refractivity contribution is 5.81. The van der Waals surface area contributed by atoms with Crippen LogP contribution in [0.3, 0.4) is 0 Å². The molecule has 0 radical (unpaired) electrons. The number of likely N-dealkylation sites (tertiary alicyclic amines) is 1. The second-order valence-corrected chi connectivity index (χ2v) is 7.66. The lowest BCUT2D eigenvalue weighted by Gasteiger charge is -2.43. The minimum absolute atomic E-state index is 0.0583. The van der Waals surface area contributed by atoms with Crippen LogP contribution in [0.5, 0.6) is 0 Å². The smallest absolute Gasteiger partial charge is 0.247 e. The Morgan fingerprint density at radius 2 is 2.23 bits per heavy atom. The van der Waals surface area contributed by atoms with Crippen molar-refractivity contribution in [3.8, 4) is 0 Å². The van der Waals surface area contributed by atoms with Gasteiger partial charge in [-0.3, -0.25) is 4.79 Å². The highest BCUT2D eigenvalue weighted by atomic mass is 19.1. The van der Waals surface area contributed by atoms with E-state index >= 15 is 0 Å². The Morgan fingerprint density at radius 3 is 2.85 bits per heavy atom. The minimum Gasteiger partial charge on any atom is -0.340 e. The molecule has 2 atom stereocenters. The first-order valence-electron chi connectivity index (χ1n) is 8.81. The molecule has 0 aliphatic carbocycles. The third-order valence-corrected chi connectivity index (χ3v) is 5.18. The van der Waals surface area contributed by atoms with E-state index in [1.807, 2.05) is 4.90 Å². The van der Waals surface area contributed by atoms with Crippen LogP contribution in [0.15, 0.2) is 24.3 Å². The molecule has 1 amide bonds. The van der Waals surface area contributed by atoms with Crippen LogP contribution >= 0.6 is 0 Å². The molecule has 1 aromatic carbocycles. The highest BCUT2D eigenvalue weighted by Gasteiger charge is 2.38. The molecule has 7 nitrogen and oxygen atoms in total. The van der Waals surface area contributed by atoms with Crippen LogP contribution in [0, 0.1) is 18.2 Å². The standard InChI is InChI=1S/C18H25FN6O/c1-12-21-22-23-25(12)15(10-13-5-4-6-14(19)9-13)17(26)24-8-7-16(20)18(2,3)11-24/h4-6,9,15-16H,7-8,10-11,20H2,1-3H3. The molecule has 8 heteroatoms. The predicted molar refractivity (Wildman–Crippen MR) is 94.6 cm³/mol. The van der Waals surface area contributed by atoms with Crippen molar-refractivity contribution in [2.24, 2.45) is 11.1 Å². The fourth-order valence-electron chi connectivity index (χ4n) is 3.46. The topological polar surface area (TPSA) is 89.9 Å². The van der Waals surface area contributed by atoms with Crippen molar-refractivity contribution in [3.05, 3.63) is 41.5 Å². The van der Waals surface area contributed by atoms with E-state index in [0.717, 1.165) is 12.0 Å². The van der Waals surface area contributed by atoms with Gasteiger partial charge in [0, 0.05) is 25.6 Å². The van der Waals surface area contributed by atoms with Gasteiger partial charge in [0.1, 0.15) is 17.7 Å². The number of rotatable bonds is 4. The average Bonchev–Trinajstić information content (AvgIpc) is 3.00. The van der Waals surface area contributed by atoms with Crippen LogP contribution in [0.2, 0.25) is 0 Å². The number of amides is 1. The van der Waals surface area contributed by atoms with Gasteiger partial charge >= 0.3 is 0 Å². The van der Waals surface area contributed by atoms with Crippen LogP contribution in [0.4, 0.5) is 4.39 Å². The van der Waals surface area contributed by atoms with Gasteiger partial charge in [-0.2, -0.15) is 0 Å². The molecule has 140 valence electrons. The minimum atomic E-state index is -0.614. The molecule has 1 aliphatic heterocycles. The third-order valence-electron chi connectivity index (χ3n) is 5.18. The number of tetrazole rings is 1. The lowest BCUT2D eigenvalue weighted by molar-refractivity contribution is -0.138. The molecular formula is C18H25FN6O. The van der Waals surface area contributed by atoms with Crippen LogP contribution in [0.1, 0.15) is 37.7 Å². The fourth-order valence-corrected chi connectivity index (χ4v) is 3.46. The zero-order valence-electron chi connectivity index (χ0n) is 15.4. The lowest BCUT2D eigenvalue weighted by Crippen LogP contribution is -2.55. The van der Waals surface area contributed by atoms with Crippen LogP contribution < -0.4 is 5.73 Å². The molecule has 1 aliphatic rings. The molecule has 3 rings (SSSR count). The van der Waals surface area contributed by atoms with Gasteiger partial charge in [-0.1, -0.05) is 26.0 Å². The molecule has 1 aromatic heterocycles. The summed E-state index contributed by atoms with van der Waals surface area (Å²) in [7, 11) is 0. The van der Waals surface area contributed by atoms with Crippen molar-refractivity contribution < 1.29 is 9.18 Å². The molecule has 0 saturated carbocycles. The Hall–Kier alpha value is -2.35. The molecule has 1 saturated heterocycles. The number of aryl methyl sites for hydroxylation is 1. The molecule has 2 aromatic rings. The number of nitrogens with two attached hydrogens (primary N) is 1. The zero-order chi connectivity index (χ0) is 18.9. The number of halogens is 1. The summed E-state index contributed by atoms with van der Waals surface area (Å²) in [4.78, 5) is 15.1. The first-order valence-corrected chi connectivity index (χ1v) is 8.81. The van der Waals surface area contributed by atoms with Gasteiger partial charge in [-0.25, -0.2) is 9.07 Å². The first kappa shape index (κ1) is 18.4. The summed E-state index contributed by atoms with van der Waals surface area (Å²) in [5.41, 5.74) is 6.76. The van der Waals surface area contributed by atoms with Gasteiger partial charge in [-0.15, -0.1) is 5.10 Å². The van der Waals surface area contributed by atoms with E-state index in [1.165, 1.54) is 16.8 Å². The first-order chi connectivity index (χ1) is 12.3. The summed E-state index contributed by atoms with van der Waals surface area (Å²) >= 11 is 0. The molecule has 2 N–H and O–H groups in total. The second-order valence-electron chi connectivity index (χ2n) is 7.66. The number of benzene rings is 1. The van der Waals surface area contributed by atoms with Crippen LogP contribution in [-0.4, -0.2) is 50.1 Å². The van der Waals surface area contributed by atoms with E-state index < -0.39 is 6.04 Å². The Labute approximate surface area is 152 Å². The number of hydrogen-bond donors (Lipinski definition) is 1. The summed E-state index contributed by atoms with van der Waals surface area (Å²) in [6, 6.07) is 5.72. The summed E-state index contributed by atoms with van der Waals surface area (Å²) in [5.74, 6) is 0.157. The predicted octanol–water partition coefficient (Wildman–Crippen LogP) is 1.49. The number of aromatic nitrogens is 4. The van der Waals surface area contributed by atoms with Crippen molar-refractivity contribution in [2.45, 2.75) is 45.7 Å². The normalized spacial score (nSPS) is 20.8. The largest absolute Gasteiger partial charge is 0.340 e. The van der Waals surface area contributed by atoms with E-state index in [9.17, 15) is 9.18 Å². The molecule has 0 bridgehead atoms. The molecule has 1 fully saturated rings. The van der Waals surface area contributed by atoms with Gasteiger partial charge in [0.2, 0.25) is 5.91 Å². The number of hydrogen-bond acceptors (Lipinski definition) is 5. The second kappa shape index (κ2) is 7.11. The monoisotopic (exact) mass is 360 g/mol. The molecule has 26 heavy (non-hydrogen) atoms. The van der Waals surface area contributed by atoms with Crippen molar-refractivity contribution in [1.29, 1.82) is 0 Å². The molecule has 2 heterocycles. The van der Waals surface area contributed by atoms with Gasteiger partial charge < -0.3 is 10.6 Å². The number of piperidine rings is 1. The molecule has 2 unspecified atom stereocenters. The Morgan fingerprint density at radius 1 is 1.46 bits per heavy atom. The van der Waals surface area contributed by atoms with E-state index in [1.54, 1.807) is 19.1 Å². The van der Waals surface area contributed by atoms with Gasteiger partial charge in [-0.05, 0) is 46.9 Å². The maximum Gasteiger partial charge on any atom is 0.247 e. The van der Waals surface area contributed by atoms with Crippen molar-refractivity contribution in [1.82, 2.24) is 25.1 Å². The summed E-state index contributed by atoms with van der Waals surface area (Å²) in [6.07, 6.45) is 1.07. The van der Waals surface area contributed by atoms with E-state index in [-0.39, 0.29) is 23.2 Å². The summed E-state index contributed by atoms with van der Waals surface area (Å²) in [5, 5.41) is 11.6. The van der Waals surface area contributed by atoms with Crippen molar-refractivity contribution in [2.75, 3.05) is 13.1 Å². The van der Waals surface area contributed by atoms with E-state index in [4.69, 9.17) is 5.73 Å². The average molecular weight is 360 g/mol. The Kier molecular flexibility index (Phi) is 5.04. The lowest BCUT2D eigenvalue weighted by atomic mass is 9.79. The summed E-state index contributed by atoms with van der Waals surface area (Å²) < 4.78 is 15.1. The number of nitrogens with zero attached hydrogens (tertiary/aromatic N) is 5. The van der Waals surface area contributed by atoms with E-state index in [2.05, 4.69) is 29.4 Å².